The lowest BCUT2D eigenvalue weighted by atomic mass is 10.2. The zero-order valence-electron chi connectivity index (χ0n) is 13.5. The number of hydrogen-bond acceptors (Lipinski definition) is 3. The van der Waals surface area contributed by atoms with Crippen LogP contribution in [0.1, 0.15) is 17.0 Å². The van der Waals surface area contributed by atoms with Crippen molar-refractivity contribution in [1.29, 1.82) is 0 Å². The van der Waals surface area contributed by atoms with Gasteiger partial charge < -0.3 is 0 Å². The second-order valence-corrected chi connectivity index (χ2v) is 5.98. The Morgan fingerprint density at radius 1 is 1.08 bits per heavy atom. The van der Waals surface area contributed by atoms with E-state index in [9.17, 15) is 14.0 Å². The van der Waals surface area contributed by atoms with Crippen LogP contribution in [0.2, 0.25) is 0 Å². The molecule has 0 atom stereocenters. The summed E-state index contributed by atoms with van der Waals surface area (Å²) < 4.78 is 16.3. The van der Waals surface area contributed by atoms with Gasteiger partial charge >= 0.3 is 11.7 Å². The first-order valence-electron chi connectivity index (χ1n) is 7.85. The molecular weight excluding hydrogens is 323 g/mol. The Morgan fingerprint density at radius 2 is 1.80 bits per heavy atom. The number of aryl methyl sites for hydroxylation is 1. The SMILES string of the molecule is Cc1ccc(N2Cc3nc(=O)n(Cc4ccccc4F)n3C2=O)cc1. The number of aromatic nitrogens is 3. The molecule has 0 aliphatic carbocycles. The monoisotopic (exact) mass is 338 g/mol. The molecule has 0 fully saturated rings. The van der Waals surface area contributed by atoms with E-state index >= 15 is 0 Å². The van der Waals surface area contributed by atoms with E-state index in [1.54, 1.807) is 23.1 Å². The lowest BCUT2D eigenvalue weighted by Crippen LogP contribution is -2.34. The summed E-state index contributed by atoms with van der Waals surface area (Å²) in [6.45, 7) is 2.13. The molecule has 2 aromatic carbocycles. The molecule has 6 nitrogen and oxygen atoms in total. The average Bonchev–Trinajstić information content (AvgIpc) is 3.07. The molecule has 1 aliphatic heterocycles. The third kappa shape index (κ3) is 2.53. The second kappa shape index (κ2) is 5.70. The summed E-state index contributed by atoms with van der Waals surface area (Å²) in [4.78, 5) is 30.4. The number of anilines is 1. The van der Waals surface area contributed by atoms with Crippen LogP contribution in [0.5, 0.6) is 0 Å². The van der Waals surface area contributed by atoms with Gasteiger partial charge in [0.05, 0.1) is 13.1 Å². The first kappa shape index (κ1) is 15.3. The minimum absolute atomic E-state index is 0.0496. The summed E-state index contributed by atoms with van der Waals surface area (Å²) in [5.41, 5.74) is 1.58. The maximum absolute atomic E-state index is 13.9. The minimum atomic E-state index is -0.560. The van der Waals surface area contributed by atoms with Crippen LogP contribution in [0.4, 0.5) is 14.9 Å². The summed E-state index contributed by atoms with van der Waals surface area (Å²) in [5.74, 6) is -0.0716. The first-order valence-corrected chi connectivity index (χ1v) is 7.85. The molecule has 0 saturated heterocycles. The van der Waals surface area contributed by atoms with Crippen molar-refractivity contribution >= 4 is 11.7 Å². The van der Waals surface area contributed by atoms with E-state index < -0.39 is 11.5 Å². The largest absolute Gasteiger partial charge is 0.364 e. The number of fused-ring (bicyclic) bond motifs is 1. The fourth-order valence-corrected chi connectivity index (χ4v) is 2.93. The van der Waals surface area contributed by atoms with Gasteiger partial charge in [-0.05, 0) is 25.1 Å². The van der Waals surface area contributed by atoms with E-state index in [-0.39, 0.29) is 19.1 Å². The van der Waals surface area contributed by atoms with E-state index in [0.29, 0.717) is 11.4 Å². The third-order valence-corrected chi connectivity index (χ3v) is 4.27. The molecule has 1 aromatic heterocycles. The summed E-state index contributed by atoms with van der Waals surface area (Å²) in [5, 5.41) is 0. The zero-order chi connectivity index (χ0) is 17.6. The lowest BCUT2D eigenvalue weighted by Gasteiger charge is -2.16. The van der Waals surface area contributed by atoms with Gasteiger partial charge in [-0.25, -0.2) is 18.7 Å². The fraction of sp³-hybridized carbons (Fsp3) is 0.167. The molecular formula is C18H15FN4O2. The van der Waals surface area contributed by atoms with Gasteiger partial charge in [0.25, 0.3) is 0 Å². The molecule has 126 valence electrons. The van der Waals surface area contributed by atoms with Crippen LogP contribution < -0.4 is 10.6 Å². The summed E-state index contributed by atoms with van der Waals surface area (Å²) >= 11 is 0. The Morgan fingerprint density at radius 3 is 2.52 bits per heavy atom. The van der Waals surface area contributed by atoms with Gasteiger partial charge in [0.1, 0.15) is 5.82 Å². The maximum Gasteiger partial charge on any atom is 0.364 e. The Labute approximate surface area is 142 Å². The van der Waals surface area contributed by atoms with Crippen LogP contribution >= 0.6 is 0 Å². The van der Waals surface area contributed by atoms with E-state index in [2.05, 4.69) is 4.98 Å². The minimum Gasteiger partial charge on any atom is -0.285 e. The number of carbonyl (C=O) groups excluding carboxylic acids is 1. The average molecular weight is 338 g/mol. The van der Waals surface area contributed by atoms with Gasteiger partial charge in [-0.15, -0.1) is 0 Å². The van der Waals surface area contributed by atoms with Crippen LogP contribution in [0, 0.1) is 12.7 Å². The predicted octanol–water partition coefficient (Wildman–Crippen LogP) is 2.53. The maximum atomic E-state index is 13.9. The van der Waals surface area contributed by atoms with Gasteiger partial charge in [0.2, 0.25) is 0 Å². The van der Waals surface area contributed by atoms with Gasteiger partial charge in [-0.2, -0.15) is 9.67 Å². The Hall–Kier alpha value is -3.22. The quantitative estimate of drug-likeness (QED) is 0.737. The van der Waals surface area contributed by atoms with E-state index in [1.807, 2.05) is 31.2 Å². The molecule has 0 unspecified atom stereocenters. The normalized spacial score (nSPS) is 13.4. The summed E-state index contributed by atoms with van der Waals surface area (Å²) in [7, 11) is 0. The van der Waals surface area contributed by atoms with Crippen LogP contribution in [0.25, 0.3) is 0 Å². The van der Waals surface area contributed by atoms with Crippen molar-refractivity contribution < 1.29 is 9.18 Å². The Bertz CT molecular complexity index is 1020. The van der Waals surface area contributed by atoms with Crippen molar-refractivity contribution in [1.82, 2.24) is 14.3 Å². The number of hydrogen-bond donors (Lipinski definition) is 0. The number of carbonyl (C=O) groups is 1. The van der Waals surface area contributed by atoms with E-state index in [1.165, 1.54) is 15.4 Å². The number of benzene rings is 2. The highest BCUT2D eigenvalue weighted by atomic mass is 19.1. The molecule has 0 bridgehead atoms. The molecule has 0 radical (unpaired) electrons. The van der Waals surface area contributed by atoms with Gasteiger partial charge in [0, 0.05) is 11.3 Å². The molecule has 0 spiro atoms. The molecule has 0 saturated carbocycles. The Kier molecular flexibility index (Phi) is 3.49. The standard InChI is InChI=1S/C18H15FN4O2/c1-12-6-8-14(9-7-12)21-11-16-20-17(24)22(23(16)18(21)25)10-13-4-2-3-5-15(13)19/h2-9H,10-11H2,1H3. The van der Waals surface area contributed by atoms with E-state index in [0.717, 1.165) is 11.3 Å². The fourth-order valence-electron chi connectivity index (χ4n) is 2.93. The van der Waals surface area contributed by atoms with Crippen molar-refractivity contribution in [3.05, 3.63) is 81.8 Å². The number of amides is 1. The molecule has 2 heterocycles. The third-order valence-electron chi connectivity index (χ3n) is 4.27. The zero-order valence-corrected chi connectivity index (χ0v) is 13.5. The van der Waals surface area contributed by atoms with Crippen LogP contribution in [0.15, 0.2) is 53.3 Å². The predicted molar refractivity (Wildman–Crippen MR) is 90.1 cm³/mol. The molecule has 1 aliphatic rings. The van der Waals surface area contributed by atoms with E-state index in [4.69, 9.17) is 0 Å². The highest BCUT2D eigenvalue weighted by Crippen LogP contribution is 2.23. The number of nitrogens with zero attached hydrogens (tertiary/aromatic N) is 4. The second-order valence-electron chi connectivity index (χ2n) is 5.98. The van der Waals surface area contributed by atoms with Crippen molar-refractivity contribution in [2.75, 3.05) is 4.90 Å². The summed E-state index contributed by atoms with van der Waals surface area (Å²) in [6.07, 6.45) is 0. The van der Waals surface area contributed by atoms with Gasteiger partial charge in [-0.1, -0.05) is 35.9 Å². The Balaban J connectivity index is 1.71. The van der Waals surface area contributed by atoms with Crippen LogP contribution in [-0.2, 0) is 13.1 Å². The van der Waals surface area contributed by atoms with Crippen molar-refractivity contribution in [2.24, 2.45) is 0 Å². The highest BCUT2D eigenvalue weighted by Gasteiger charge is 2.33. The van der Waals surface area contributed by atoms with Crippen molar-refractivity contribution in [3.63, 3.8) is 0 Å². The van der Waals surface area contributed by atoms with Gasteiger partial charge in [-0.3, -0.25) is 4.90 Å². The number of rotatable bonds is 3. The molecule has 4 rings (SSSR count). The topological polar surface area (TPSA) is 60.1 Å². The molecule has 0 N–H and O–H groups in total. The van der Waals surface area contributed by atoms with Crippen LogP contribution in [-0.4, -0.2) is 20.4 Å². The summed E-state index contributed by atoms with van der Waals surface area (Å²) in [6, 6.07) is 13.3. The van der Waals surface area contributed by atoms with Crippen LogP contribution in [0.3, 0.4) is 0 Å². The van der Waals surface area contributed by atoms with Gasteiger partial charge in [0.15, 0.2) is 5.82 Å². The lowest BCUT2D eigenvalue weighted by molar-refractivity contribution is 0.244. The highest BCUT2D eigenvalue weighted by molar-refractivity contribution is 5.95. The number of halogens is 1. The smallest absolute Gasteiger partial charge is 0.285 e. The first-order chi connectivity index (χ1) is 12.0. The molecule has 7 heteroatoms. The molecule has 25 heavy (non-hydrogen) atoms. The van der Waals surface area contributed by atoms with Crippen molar-refractivity contribution in [3.8, 4) is 0 Å². The van der Waals surface area contributed by atoms with Crippen molar-refractivity contribution in [2.45, 2.75) is 20.0 Å². The molecule has 1 amide bonds. The molecule has 3 aromatic rings.